The molecule has 0 fully saturated rings. The number of nitrogens with two attached hydrogens (primary N) is 1. The first-order chi connectivity index (χ1) is 9.76. The van der Waals surface area contributed by atoms with Crippen molar-refractivity contribution in [3.8, 4) is 11.3 Å². The lowest BCUT2D eigenvalue weighted by atomic mass is 10.1. The van der Waals surface area contributed by atoms with Crippen molar-refractivity contribution in [1.82, 2.24) is 0 Å². The third-order valence-electron chi connectivity index (χ3n) is 2.69. The molecule has 0 spiro atoms. The van der Waals surface area contributed by atoms with Gasteiger partial charge in [-0.3, -0.25) is 14.9 Å². The summed E-state index contributed by atoms with van der Waals surface area (Å²) in [4.78, 5) is 11.9. The largest absolute Gasteiger partial charge is 0.456 e. The Bertz CT molecular complexity index is 769. The fourth-order valence-electron chi connectivity index (χ4n) is 1.85. The SMILES string of the molecule is NP=O.O=c1cc(-c2ccccc2)oc2ccccc12. The molecule has 0 unspecified atom stereocenters. The quantitative estimate of drug-likeness (QED) is 0.693. The summed E-state index contributed by atoms with van der Waals surface area (Å²) in [6, 6.07) is 18.4. The maximum Gasteiger partial charge on any atom is 0.242 e. The molecule has 3 rings (SSSR count). The molecule has 0 aliphatic rings. The van der Waals surface area contributed by atoms with Gasteiger partial charge in [-0.05, 0) is 12.1 Å². The summed E-state index contributed by atoms with van der Waals surface area (Å²) < 4.78 is 14.4. The van der Waals surface area contributed by atoms with Crippen molar-refractivity contribution in [3.05, 3.63) is 70.9 Å². The zero-order chi connectivity index (χ0) is 14.4. The molecular weight excluding hydrogens is 273 g/mol. The van der Waals surface area contributed by atoms with Crippen LogP contribution in [0.15, 0.2) is 69.9 Å². The molecule has 0 saturated heterocycles. The molecule has 0 aliphatic heterocycles. The second-order valence-electron chi connectivity index (χ2n) is 3.94. The van der Waals surface area contributed by atoms with Gasteiger partial charge in [0.25, 0.3) is 0 Å². The van der Waals surface area contributed by atoms with Crippen LogP contribution in [0, 0.1) is 0 Å². The maximum absolute atomic E-state index is 11.9. The Kier molecular flexibility index (Phi) is 4.77. The minimum Gasteiger partial charge on any atom is -0.456 e. The lowest BCUT2D eigenvalue weighted by molar-refractivity contribution is 0.599. The molecule has 0 radical (unpaired) electrons. The molecule has 3 aromatic rings. The van der Waals surface area contributed by atoms with Crippen LogP contribution < -0.4 is 10.9 Å². The van der Waals surface area contributed by atoms with Crippen LogP contribution in [-0.4, -0.2) is 0 Å². The van der Waals surface area contributed by atoms with Crippen LogP contribution in [0.1, 0.15) is 0 Å². The van der Waals surface area contributed by atoms with Crippen molar-refractivity contribution >= 4 is 19.6 Å². The van der Waals surface area contributed by atoms with Crippen LogP contribution in [0.2, 0.25) is 0 Å². The van der Waals surface area contributed by atoms with E-state index in [1.807, 2.05) is 48.5 Å². The Morgan fingerprint density at radius 2 is 1.55 bits per heavy atom. The van der Waals surface area contributed by atoms with E-state index in [0.29, 0.717) is 16.7 Å². The van der Waals surface area contributed by atoms with E-state index in [-0.39, 0.29) is 14.0 Å². The predicted molar refractivity (Wildman–Crippen MR) is 79.7 cm³/mol. The van der Waals surface area contributed by atoms with Gasteiger partial charge in [0.05, 0.1) is 5.39 Å². The second kappa shape index (κ2) is 6.75. The average Bonchev–Trinajstić information content (AvgIpc) is 2.49. The van der Waals surface area contributed by atoms with Crippen molar-refractivity contribution in [2.45, 2.75) is 0 Å². The van der Waals surface area contributed by atoms with Gasteiger partial charge in [-0.2, -0.15) is 0 Å². The molecule has 0 atom stereocenters. The van der Waals surface area contributed by atoms with Crippen LogP contribution in [-0.2, 0) is 4.57 Å². The molecular formula is C15H12NO3P. The van der Waals surface area contributed by atoms with Crippen LogP contribution >= 0.6 is 8.61 Å². The number of fused-ring (bicyclic) bond motifs is 1. The predicted octanol–water partition coefficient (Wildman–Crippen LogP) is 3.61. The lowest BCUT2D eigenvalue weighted by Crippen LogP contribution is -1.99. The molecule has 1 aromatic heterocycles. The Balaban J connectivity index is 0.000000452. The Morgan fingerprint density at radius 1 is 0.950 bits per heavy atom. The van der Waals surface area contributed by atoms with Gasteiger partial charge in [0.1, 0.15) is 11.3 Å². The molecule has 2 N–H and O–H groups in total. The summed E-state index contributed by atoms with van der Waals surface area (Å²) in [5.74, 6) is 0.606. The number of rotatable bonds is 1. The van der Waals surface area contributed by atoms with Gasteiger partial charge in [0, 0.05) is 11.6 Å². The summed E-state index contributed by atoms with van der Waals surface area (Å²) in [6.45, 7) is 0. The van der Waals surface area contributed by atoms with Gasteiger partial charge in [-0.1, -0.05) is 42.5 Å². The van der Waals surface area contributed by atoms with E-state index in [1.54, 1.807) is 6.07 Å². The van der Waals surface area contributed by atoms with Crippen LogP contribution in [0.5, 0.6) is 0 Å². The fraction of sp³-hybridized carbons (Fsp3) is 0. The molecule has 0 amide bonds. The molecule has 2 aromatic carbocycles. The van der Waals surface area contributed by atoms with E-state index in [1.165, 1.54) is 6.07 Å². The summed E-state index contributed by atoms with van der Waals surface area (Å²) in [5, 5.41) is 0.618. The first-order valence-corrected chi connectivity index (χ1v) is 6.75. The van der Waals surface area contributed by atoms with Crippen molar-refractivity contribution in [2.75, 3.05) is 0 Å². The van der Waals surface area contributed by atoms with Crippen molar-refractivity contribution in [1.29, 1.82) is 0 Å². The van der Waals surface area contributed by atoms with E-state index in [2.05, 4.69) is 5.50 Å². The first-order valence-electron chi connectivity index (χ1n) is 5.87. The summed E-state index contributed by atoms with van der Waals surface area (Å²) in [6.07, 6.45) is 0. The number of hydrogen-bond donors (Lipinski definition) is 1. The third kappa shape index (κ3) is 3.18. The van der Waals surface area contributed by atoms with Crippen LogP contribution in [0.3, 0.4) is 0 Å². The third-order valence-corrected chi connectivity index (χ3v) is 2.69. The molecule has 0 saturated carbocycles. The van der Waals surface area contributed by atoms with E-state index >= 15 is 0 Å². The van der Waals surface area contributed by atoms with E-state index in [9.17, 15) is 4.79 Å². The zero-order valence-electron chi connectivity index (χ0n) is 10.5. The van der Waals surface area contributed by atoms with Gasteiger partial charge < -0.3 is 4.42 Å². The van der Waals surface area contributed by atoms with Gasteiger partial charge in [-0.15, -0.1) is 0 Å². The van der Waals surface area contributed by atoms with Crippen LogP contribution in [0.25, 0.3) is 22.3 Å². The molecule has 5 heteroatoms. The van der Waals surface area contributed by atoms with Crippen molar-refractivity contribution in [3.63, 3.8) is 0 Å². The normalized spacial score (nSPS) is 10.1. The number of para-hydroxylation sites is 1. The van der Waals surface area contributed by atoms with Gasteiger partial charge >= 0.3 is 0 Å². The molecule has 4 nitrogen and oxygen atoms in total. The highest BCUT2D eigenvalue weighted by Gasteiger charge is 2.05. The molecule has 0 aliphatic carbocycles. The van der Waals surface area contributed by atoms with E-state index < -0.39 is 0 Å². The summed E-state index contributed by atoms with van der Waals surface area (Å²) in [5.41, 5.74) is 5.79. The Hall–Kier alpha value is -2.29. The summed E-state index contributed by atoms with van der Waals surface area (Å²) in [7, 11) is -0.333. The lowest BCUT2D eigenvalue weighted by Gasteiger charge is -2.02. The molecule has 0 bridgehead atoms. The standard InChI is InChI=1S/C15H10O2.H2NOP/c16-13-10-15(11-6-2-1-3-7-11)17-14-9-5-4-8-12(13)14;1-3-2/h1-10H;(H2,1,2). The average molecular weight is 285 g/mol. The van der Waals surface area contributed by atoms with E-state index in [4.69, 9.17) is 8.98 Å². The maximum atomic E-state index is 11.9. The van der Waals surface area contributed by atoms with Gasteiger partial charge in [0.15, 0.2) is 5.43 Å². The molecule has 1 heterocycles. The number of benzene rings is 2. The van der Waals surface area contributed by atoms with Gasteiger partial charge in [-0.25, -0.2) is 0 Å². The monoisotopic (exact) mass is 285 g/mol. The Labute approximate surface area is 117 Å². The smallest absolute Gasteiger partial charge is 0.242 e. The second-order valence-corrected chi connectivity index (χ2v) is 4.15. The first kappa shape index (κ1) is 14.1. The summed E-state index contributed by atoms with van der Waals surface area (Å²) >= 11 is 0. The molecule has 20 heavy (non-hydrogen) atoms. The number of hydrogen-bond acceptors (Lipinski definition) is 3. The Morgan fingerprint density at radius 3 is 2.25 bits per heavy atom. The minimum absolute atomic E-state index is 0.00861. The van der Waals surface area contributed by atoms with Crippen molar-refractivity contribution in [2.24, 2.45) is 5.50 Å². The fourth-order valence-corrected chi connectivity index (χ4v) is 1.85. The highest BCUT2D eigenvalue weighted by molar-refractivity contribution is 7.20. The topological polar surface area (TPSA) is 73.3 Å². The van der Waals surface area contributed by atoms with Crippen LogP contribution in [0.4, 0.5) is 0 Å². The highest BCUT2D eigenvalue weighted by Crippen LogP contribution is 2.21. The zero-order valence-corrected chi connectivity index (χ0v) is 11.4. The molecule has 100 valence electrons. The highest BCUT2D eigenvalue weighted by atomic mass is 31.1. The van der Waals surface area contributed by atoms with Crippen molar-refractivity contribution < 1.29 is 8.98 Å². The van der Waals surface area contributed by atoms with E-state index in [0.717, 1.165) is 5.56 Å². The van der Waals surface area contributed by atoms with Gasteiger partial charge in [0.2, 0.25) is 8.61 Å². The minimum atomic E-state index is -0.333.